The Balaban J connectivity index is 0.00000300. The maximum Gasteiger partial charge on any atom is 0.343 e. The van der Waals surface area contributed by atoms with Crippen molar-refractivity contribution in [3.63, 3.8) is 0 Å². The highest BCUT2D eigenvalue weighted by atomic mass is 35.5. The lowest BCUT2D eigenvalue weighted by Gasteiger charge is -2.36. The lowest BCUT2D eigenvalue weighted by atomic mass is 10.0. The van der Waals surface area contributed by atoms with Gasteiger partial charge in [0, 0.05) is 50.7 Å². The molecule has 0 saturated carbocycles. The van der Waals surface area contributed by atoms with E-state index in [1.54, 1.807) is 18.5 Å². The number of benzene rings is 1. The number of ether oxygens (including phenoxy) is 2. The molecule has 9 nitrogen and oxygen atoms in total. The number of methoxy groups -OCH3 is 1. The Morgan fingerprint density at radius 2 is 2.10 bits per heavy atom. The number of nitrogens with one attached hydrogen (secondary N) is 1. The van der Waals surface area contributed by atoms with Crippen molar-refractivity contribution in [3.8, 4) is 5.75 Å². The quantitative estimate of drug-likeness (QED) is 0.410. The van der Waals surface area contributed by atoms with E-state index in [-0.39, 0.29) is 36.5 Å². The second kappa shape index (κ2) is 10.7. The third kappa shape index (κ3) is 5.86. The maximum atomic E-state index is 11.4. The molecule has 0 spiro atoms. The largest absolute Gasteiger partial charge is 0.475 e. The molecule has 1 saturated heterocycles. The molecule has 29 heavy (non-hydrogen) atoms. The number of rotatable bonds is 7. The lowest BCUT2D eigenvalue weighted by molar-refractivity contribution is -0.385. The van der Waals surface area contributed by atoms with Gasteiger partial charge in [0.05, 0.1) is 12.0 Å². The van der Waals surface area contributed by atoms with Gasteiger partial charge in [-0.3, -0.25) is 20.0 Å². The summed E-state index contributed by atoms with van der Waals surface area (Å²) in [5.74, 6) is -0.551. The van der Waals surface area contributed by atoms with Crippen molar-refractivity contribution in [1.82, 2.24) is 15.2 Å². The average molecular weight is 423 g/mol. The molecule has 0 amide bonds. The van der Waals surface area contributed by atoms with Gasteiger partial charge >= 0.3 is 11.7 Å². The first-order valence-electron chi connectivity index (χ1n) is 8.90. The minimum atomic E-state index is -0.598. The number of nitro groups is 1. The summed E-state index contributed by atoms with van der Waals surface area (Å²) in [6, 6.07) is 8.93. The summed E-state index contributed by atoms with van der Waals surface area (Å²) < 4.78 is 9.74. The summed E-state index contributed by atoms with van der Waals surface area (Å²) in [5, 5.41) is 14.8. The molecular formula is C19H23ClN4O5. The number of carbonyl (C=O) groups excluding carboxylic acids is 1. The van der Waals surface area contributed by atoms with Gasteiger partial charge in [0.2, 0.25) is 0 Å². The standard InChI is InChI=1S/C19H22N4O5.ClH/c1-27-19(24)13-28-18-3-2-14(10-16(18)23(25)26)12-22-9-8-21-11-17(22)15-4-6-20-7-5-15;/h2-7,10,17,21H,8-9,11-13H2,1H3;1H. The highest BCUT2D eigenvalue weighted by Crippen LogP contribution is 2.30. The maximum absolute atomic E-state index is 11.4. The van der Waals surface area contributed by atoms with Crippen LogP contribution in [0.4, 0.5) is 5.69 Å². The van der Waals surface area contributed by atoms with E-state index in [1.807, 2.05) is 12.1 Å². The highest BCUT2D eigenvalue weighted by molar-refractivity contribution is 5.85. The van der Waals surface area contributed by atoms with Crippen LogP contribution in [0.1, 0.15) is 17.2 Å². The summed E-state index contributed by atoms with van der Waals surface area (Å²) in [6.07, 6.45) is 3.53. The van der Waals surface area contributed by atoms with Gasteiger partial charge in [0.15, 0.2) is 12.4 Å². The van der Waals surface area contributed by atoms with E-state index in [1.165, 1.54) is 19.2 Å². The molecule has 0 aliphatic carbocycles. The molecule has 0 bridgehead atoms. The summed E-state index contributed by atoms with van der Waals surface area (Å²) in [7, 11) is 1.23. The number of aromatic nitrogens is 1. The topological polar surface area (TPSA) is 107 Å². The molecule has 156 valence electrons. The number of halogens is 1. The molecule has 3 rings (SSSR count). The number of piperazine rings is 1. The van der Waals surface area contributed by atoms with Crippen molar-refractivity contribution in [2.45, 2.75) is 12.6 Å². The second-order valence-corrected chi connectivity index (χ2v) is 6.39. The van der Waals surface area contributed by atoms with Gasteiger partial charge in [-0.2, -0.15) is 0 Å². The van der Waals surface area contributed by atoms with Crippen LogP contribution in [-0.2, 0) is 16.1 Å². The van der Waals surface area contributed by atoms with Crippen LogP contribution in [0, 0.1) is 10.1 Å². The smallest absolute Gasteiger partial charge is 0.343 e. The Bertz CT molecular complexity index is 837. The van der Waals surface area contributed by atoms with E-state index in [0.29, 0.717) is 6.54 Å². The van der Waals surface area contributed by atoms with Crippen LogP contribution in [0.25, 0.3) is 0 Å². The fourth-order valence-corrected chi connectivity index (χ4v) is 3.21. The molecule has 1 aromatic heterocycles. The normalized spacial score (nSPS) is 16.5. The molecule has 1 atom stereocenters. The molecule has 0 radical (unpaired) electrons. The first-order valence-corrected chi connectivity index (χ1v) is 8.90. The van der Waals surface area contributed by atoms with Crippen LogP contribution in [0.2, 0.25) is 0 Å². The molecule has 1 unspecified atom stereocenters. The Hall–Kier alpha value is -2.75. The Labute approximate surface area is 174 Å². The minimum Gasteiger partial charge on any atom is -0.475 e. The van der Waals surface area contributed by atoms with E-state index >= 15 is 0 Å². The van der Waals surface area contributed by atoms with Crippen LogP contribution in [0.3, 0.4) is 0 Å². The van der Waals surface area contributed by atoms with Gasteiger partial charge in [-0.15, -0.1) is 12.4 Å². The third-order valence-corrected chi connectivity index (χ3v) is 4.62. The molecule has 1 aliphatic rings. The number of nitro benzene ring substituents is 1. The van der Waals surface area contributed by atoms with E-state index in [0.717, 1.165) is 30.8 Å². The average Bonchev–Trinajstić information content (AvgIpc) is 2.73. The number of hydrogen-bond acceptors (Lipinski definition) is 8. The number of carbonyl (C=O) groups is 1. The summed E-state index contributed by atoms with van der Waals surface area (Å²) >= 11 is 0. The summed E-state index contributed by atoms with van der Waals surface area (Å²) in [6.45, 7) is 2.66. The third-order valence-electron chi connectivity index (χ3n) is 4.62. The van der Waals surface area contributed by atoms with Crippen LogP contribution in [0.5, 0.6) is 5.75 Å². The van der Waals surface area contributed by atoms with Gasteiger partial charge < -0.3 is 14.8 Å². The summed E-state index contributed by atoms with van der Waals surface area (Å²) in [5.41, 5.74) is 1.78. The zero-order valence-corrected chi connectivity index (χ0v) is 16.8. The molecule has 1 N–H and O–H groups in total. The van der Waals surface area contributed by atoms with Crippen molar-refractivity contribution in [2.75, 3.05) is 33.4 Å². The molecule has 1 fully saturated rings. The number of esters is 1. The van der Waals surface area contributed by atoms with Gasteiger partial charge in [0.1, 0.15) is 0 Å². The van der Waals surface area contributed by atoms with E-state index in [2.05, 4.69) is 19.9 Å². The predicted octanol–water partition coefficient (Wildman–Crippen LogP) is 2.11. The molecule has 10 heteroatoms. The number of hydrogen-bond donors (Lipinski definition) is 1. The van der Waals surface area contributed by atoms with Gasteiger partial charge in [-0.1, -0.05) is 6.07 Å². The lowest BCUT2D eigenvalue weighted by Crippen LogP contribution is -2.45. The van der Waals surface area contributed by atoms with Crippen molar-refractivity contribution < 1.29 is 19.2 Å². The Morgan fingerprint density at radius 1 is 1.34 bits per heavy atom. The van der Waals surface area contributed by atoms with Crippen molar-refractivity contribution in [1.29, 1.82) is 0 Å². The van der Waals surface area contributed by atoms with Crippen LogP contribution in [-0.4, -0.2) is 54.1 Å². The monoisotopic (exact) mass is 422 g/mol. The Morgan fingerprint density at radius 3 is 2.79 bits per heavy atom. The van der Waals surface area contributed by atoms with E-state index in [9.17, 15) is 14.9 Å². The first-order chi connectivity index (χ1) is 13.6. The second-order valence-electron chi connectivity index (χ2n) is 6.39. The molecule has 2 heterocycles. The first kappa shape index (κ1) is 22.5. The fourth-order valence-electron chi connectivity index (χ4n) is 3.21. The SMILES string of the molecule is COC(=O)COc1ccc(CN2CCNCC2c2ccncc2)cc1[N+](=O)[O-].Cl. The minimum absolute atomic E-state index is 0. The van der Waals surface area contributed by atoms with Crippen LogP contribution < -0.4 is 10.1 Å². The van der Waals surface area contributed by atoms with Crippen molar-refractivity contribution >= 4 is 24.1 Å². The van der Waals surface area contributed by atoms with Gasteiger partial charge in [-0.05, 0) is 29.3 Å². The van der Waals surface area contributed by atoms with Crippen LogP contribution in [0.15, 0.2) is 42.7 Å². The molecule has 1 aliphatic heterocycles. The Kier molecular flexibility index (Phi) is 8.32. The number of nitrogens with zero attached hydrogens (tertiary/aromatic N) is 3. The van der Waals surface area contributed by atoms with Crippen molar-refractivity contribution in [3.05, 3.63) is 64.0 Å². The van der Waals surface area contributed by atoms with E-state index < -0.39 is 10.9 Å². The van der Waals surface area contributed by atoms with Crippen molar-refractivity contribution in [2.24, 2.45) is 0 Å². The number of pyridine rings is 1. The zero-order chi connectivity index (χ0) is 19.9. The summed E-state index contributed by atoms with van der Waals surface area (Å²) in [4.78, 5) is 28.5. The molecule has 1 aromatic carbocycles. The molecular weight excluding hydrogens is 400 g/mol. The van der Waals surface area contributed by atoms with E-state index in [4.69, 9.17) is 4.74 Å². The van der Waals surface area contributed by atoms with Gasteiger partial charge in [-0.25, -0.2) is 4.79 Å². The predicted molar refractivity (Wildman–Crippen MR) is 108 cm³/mol. The van der Waals surface area contributed by atoms with Crippen LogP contribution >= 0.6 is 12.4 Å². The fraction of sp³-hybridized carbons (Fsp3) is 0.368. The zero-order valence-electron chi connectivity index (χ0n) is 15.9. The van der Waals surface area contributed by atoms with Gasteiger partial charge in [0.25, 0.3) is 0 Å². The molecule has 2 aromatic rings. The highest BCUT2D eigenvalue weighted by Gasteiger charge is 2.25.